The highest BCUT2D eigenvalue weighted by Crippen LogP contribution is 2.09. The fourth-order valence-electron chi connectivity index (χ4n) is 0.772. The molecule has 0 heterocycles. The van der Waals surface area contributed by atoms with Gasteiger partial charge in [-0.25, -0.2) is 4.18 Å². The molecule has 0 aromatic heterocycles. The molecule has 7 heteroatoms. The molecule has 0 unspecified atom stereocenters. The molecule has 0 aromatic rings. The Labute approximate surface area is 93.2 Å². The van der Waals surface area contributed by atoms with Crippen molar-refractivity contribution in [3.05, 3.63) is 0 Å². The van der Waals surface area contributed by atoms with Gasteiger partial charge in [0.2, 0.25) is 8.32 Å². The van der Waals surface area contributed by atoms with E-state index in [-0.39, 0.29) is 13.2 Å². The normalized spacial score (nSPS) is 13.1. The Morgan fingerprint density at radius 3 is 2.13 bits per heavy atom. The average Bonchev–Trinajstić information content (AvgIpc) is 1.99. The van der Waals surface area contributed by atoms with Crippen molar-refractivity contribution in [1.82, 2.24) is 0 Å². The summed E-state index contributed by atoms with van der Waals surface area (Å²) in [5, 5.41) is 0. The molecule has 0 saturated heterocycles. The van der Waals surface area contributed by atoms with Crippen molar-refractivity contribution in [3.8, 4) is 0 Å². The lowest BCUT2D eigenvalue weighted by Gasteiger charge is -2.15. The Morgan fingerprint density at radius 2 is 1.67 bits per heavy atom. The molecule has 0 fully saturated rings. The second kappa shape index (κ2) is 6.59. The van der Waals surface area contributed by atoms with Crippen LogP contribution in [0, 0.1) is 0 Å². The molecular formula is C8H20O5SSi. The van der Waals surface area contributed by atoms with Gasteiger partial charge in [-0.1, -0.05) is 6.92 Å². The fraction of sp³-hybridized carbons (Fsp3) is 1.00. The summed E-state index contributed by atoms with van der Waals surface area (Å²) >= 11 is 0. The van der Waals surface area contributed by atoms with Crippen molar-refractivity contribution in [2.24, 2.45) is 0 Å². The Balaban J connectivity index is 3.76. The van der Waals surface area contributed by atoms with E-state index in [1.54, 1.807) is 19.6 Å². The van der Waals surface area contributed by atoms with Gasteiger partial charge in [0.25, 0.3) is 0 Å². The highest BCUT2D eigenvalue weighted by atomic mass is 32.3. The number of hydrogen-bond acceptors (Lipinski definition) is 5. The number of ether oxygens (including phenoxy) is 1. The standard InChI is InChI=1S/C8H20O5SSi/c1-5-6-11-7-8-12-14(9,10)13-15(2,3)4/h5-8H2,1-4H3. The first kappa shape index (κ1) is 15.0. The molecule has 92 valence electrons. The summed E-state index contributed by atoms with van der Waals surface area (Å²) in [5.74, 6) is 0. The second-order valence-corrected chi connectivity index (χ2v) is 9.98. The van der Waals surface area contributed by atoms with Crippen molar-refractivity contribution < 1.29 is 21.2 Å². The minimum absolute atomic E-state index is 0.00676. The lowest BCUT2D eigenvalue weighted by atomic mass is 10.5. The van der Waals surface area contributed by atoms with Gasteiger partial charge in [0.15, 0.2) is 0 Å². The Morgan fingerprint density at radius 1 is 1.07 bits per heavy atom. The van der Waals surface area contributed by atoms with Crippen LogP contribution in [0.4, 0.5) is 0 Å². The zero-order valence-electron chi connectivity index (χ0n) is 9.78. The van der Waals surface area contributed by atoms with Crippen LogP contribution in [0.15, 0.2) is 0 Å². The molecule has 0 aliphatic rings. The molecule has 0 aromatic carbocycles. The summed E-state index contributed by atoms with van der Waals surface area (Å²) < 4.78 is 37.0. The molecule has 0 spiro atoms. The summed E-state index contributed by atoms with van der Waals surface area (Å²) in [5.41, 5.74) is 0. The molecule has 0 amide bonds. The molecule has 0 N–H and O–H groups in total. The van der Waals surface area contributed by atoms with Gasteiger partial charge in [-0.05, 0) is 26.1 Å². The number of rotatable bonds is 8. The molecule has 0 saturated carbocycles. The van der Waals surface area contributed by atoms with Gasteiger partial charge in [0.1, 0.15) is 0 Å². The minimum Gasteiger partial charge on any atom is -0.379 e. The second-order valence-electron chi connectivity index (χ2n) is 4.04. The monoisotopic (exact) mass is 256 g/mol. The van der Waals surface area contributed by atoms with E-state index >= 15 is 0 Å². The highest BCUT2D eigenvalue weighted by molar-refractivity contribution is 7.83. The van der Waals surface area contributed by atoms with E-state index in [1.807, 2.05) is 6.92 Å². The van der Waals surface area contributed by atoms with Crippen LogP contribution in [0.2, 0.25) is 19.6 Å². The van der Waals surface area contributed by atoms with Crippen LogP contribution in [-0.2, 0) is 23.2 Å². The van der Waals surface area contributed by atoms with Crippen LogP contribution < -0.4 is 0 Å². The van der Waals surface area contributed by atoms with Crippen LogP contribution in [0.25, 0.3) is 0 Å². The largest absolute Gasteiger partial charge is 0.390 e. The molecule has 0 bridgehead atoms. The van der Waals surface area contributed by atoms with Crippen molar-refractivity contribution in [1.29, 1.82) is 0 Å². The summed E-state index contributed by atoms with van der Waals surface area (Å²) in [6, 6.07) is 0. The van der Waals surface area contributed by atoms with E-state index in [1.165, 1.54) is 0 Å². The Hall–Kier alpha value is 0.0469. The first-order valence-electron chi connectivity index (χ1n) is 4.94. The molecule has 5 nitrogen and oxygen atoms in total. The predicted molar refractivity (Wildman–Crippen MR) is 60.4 cm³/mol. The third-order valence-electron chi connectivity index (χ3n) is 1.16. The first-order chi connectivity index (χ1) is 6.77. The highest BCUT2D eigenvalue weighted by Gasteiger charge is 2.24. The topological polar surface area (TPSA) is 61.8 Å². The van der Waals surface area contributed by atoms with Gasteiger partial charge >= 0.3 is 10.4 Å². The summed E-state index contributed by atoms with van der Waals surface area (Å²) in [6.07, 6.45) is 0.901. The van der Waals surface area contributed by atoms with Crippen LogP contribution in [0.5, 0.6) is 0 Å². The van der Waals surface area contributed by atoms with Gasteiger partial charge in [0, 0.05) is 6.61 Å². The third-order valence-corrected chi connectivity index (χ3v) is 4.43. The van der Waals surface area contributed by atoms with Crippen molar-refractivity contribution in [2.45, 2.75) is 33.0 Å². The van der Waals surface area contributed by atoms with E-state index in [2.05, 4.69) is 4.18 Å². The molecular weight excluding hydrogens is 236 g/mol. The quantitative estimate of drug-likeness (QED) is 0.487. The van der Waals surface area contributed by atoms with Gasteiger partial charge in [-0.15, -0.1) is 0 Å². The maximum Gasteiger partial charge on any atom is 0.390 e. The molecule has 0 atom stereocenters. The van der Waals surface area contributed by atoms with Crippen LogP contribution in [0.1, 0.15) is 13.3 Å². The SMILES string of the molecule is CCCOCCOS(=O)(=O)O[Si](C)(C)C. The summed E-state index contributed by atoms with van der Waals surface area (Å²) in [6.45, 7) is 8.20. The smallest absolute Gasteiger partial charge is 0.379 e. The van der Waals surface area contributed by atoms with E-state index in [0.29, 0.717) is 6.61 Å². The van der Waals surface area contributed by atoms with Crippen LogP contribution >= 0.6 is 0 Å². The van der Waals surface area contributed by atoms with Crippen LogP contribution in [-0.4, -0.2) is 36.6 Å². The van der Waals surface area contributed by atoms with Gasteiger partial charge in [-0.2, -0.15) is 8.42 Å². The Kier molecular flexibility index (Phi) is 6.61. The number of hydrogen-bond donors (Lipinski definition) is 0. The molecule has 0 aliphatic carbocycles. The maximum absolute atomic E-state index is 11.2. The molecule has 0 aliphatic heterocycles. The van der Waals surface area contributed by atoms with Crippen molar-refractivity contribution >= 4 is 18.7 Å². The van der Waals surface area contributed by atoms with Crippen LogP contribution in [0.3, 0.4) is 0 Å². The third kappa shape index (κ3) is 10.3. The first-order valence-corrected chi connectivity index (χ1v) is 9.69. The summed E-state index contributed by atoms with van der Waals surface area (Å²) in [7, 11) is -5.97. The van der Waals surface area contributed by atoms with Gasteiger partial charge in [0.05, 0.1) is 13.2 Å². The van der Waals surface area contributed by atoms with E-state index in [4.69, 9.17) is 8.61 Å². The fourth-order valence-corrected chi connectivity index (χ4v) is 3.69. The zero-order valence-corrected chi connectivity index (χ0v) is 11.6. The molecule has 15 heavy (non-hydrogen) atoms. The van der Waals surface area contributed by atoms with E-state index in [0.717, 1.165) is 6.42 Å². The molecule has 0 rings (SSSR count). The average molecular weight is 256 g/mol. The zero-order chi connectivity index (χ0) is 11.9. The Bertz CT molecular complexity index is 257. The lowest BCUT2D eigenvalue weighted by Crippen LogP contribution is -2.30. The van der Waals surface area contributed by atoms with Gasteiger partial charge < -0.3 is 4.74 Å². The summed E-state index contributed by atoms with van der Waals surface area (Å²) in [4.78, 5) is 0. The van der Waals surface area contributed by atoms with E-state index < -0.39 is 18.7 Å². The van der Waals surface area contributed by atoms with Crippen molar-refractivity contribution in [2.75, 3.05) is 19.8 Å². The van der Waals surface area contributed by atoms with Crippen molar-refractivity contribution in [3.63, 3.8) is 0 Å². The molecule has 0 radical (unpaired) electrons. The lowest BCUT2D eigenvalue weighted by molar-refractivity contribution is 0.0984. The predicted octanol–water partition coefficient (Wildman–Crippen LogP) is 1.53. The maximum atomic E-state index is 11.2. The minimum atomic E-state index is -3.84. The van der Waals surface area contributed by atoms with Gasteiger partial charge in [-0.3, -0.25) is 3.87 Å². The van der Waals surface area contributed by atoms with E-state index in [9.17, 15) is 8.42 Å².